The highest BCUT2D eigenvalue weighted by molar-refractivity contribution is 7.87. The van der Waals surface area contributed by atoms with Crippen molar-refractivity contribution in [3.8, 4) is 17.6 Å². The Kier molecular flexibility index (Phi) is 8.29. The van der Waals surface area contributed by atoms with Gasteiger partial charge in [0.05, 0.1) is 12.2 Å². The van der Waals surface area contributed by atoms with Crippen LogP contribution < -0.4 is 20.0 Å². The average Bonchev–Trinajstić information content (AvgIpc) is 3.28. The monoisotopic (exact) mass is 511 g/mol. The van der Waals surface area contributed by atoms with Gasteiger partial charge in [-0.05, 0) is 61.7 Å². The molecular weight excluding hydrogens is 486 g/mol. The molecule has 0 radical (unpaired) electrons. The standard InChI is InChI=1S/C24H25N5O6S/c1-17-12-19(14-20(13-17)35-36(32,33)21-7-3-2-6-18(21)15-25)34-11-5-9-24(8-4-10-28-24)29-23(26)27-16-22(30)31/h2-4,6-8,10,12-14H,5,9,11,16H2,1H3,(H,30,31)(H3,26,27,29). The van der Waals surface area contributed by atoms with Crippen molar-refractivity contribution in [1.82, 2.24) is 5.32 Å². The minimum atomic E-state index is -4.23. The van der Waals surface area contributed by atoms with Crippen molar-refractivity contribution in [2.45, 2.75) is 30.3 Å². The number of allylic oxidation sites excluding steroid dienone is 1. The van der Waals surface area contributed by atoms with Crippen molar-refractivity contribution < 1.29 is 27.2 Å². The molecule has 1 heterocycles. The quantitative estimate of drug-likeness (QED) is 0.176. The second-order valence-electron chi connectivity index (χ2n) is 7.86. The Morgan fingerprint density at radius 3 is 2.72 bits per heavy atom. The fraction of sp³-hybridized carbons (Fsp3) is 0.250. The summed E-state index contributed by atoms with van der Waals surface area (Å²) in [6.45, 7) is 1.58. The smallest absolute Gasteiger partial charge is 0.340 e. The Labute approximate surface area is 208 Å². The van der Waals surface area contributed by atoms with Gasteiger partial charge >= 0.3 is 16.1 Å². The number of nitrogens with two attached hydrogens (primary N) is 1. The molecule has 3 rings (SSSR count). The Morgan fingerprint density at radius 2 is 2.03 bits per heavy atom. The number of benzene rings is 2. The van der Waals surface area contributed by atoms with Crippen molar-refractivity contribution in [2.75, 3.05) is 13.2 Å². The van der Waals surface area contributed by atoms with E-state index in [2.05, 4.69) is 15.3 Å². The maximum absolute atomic E-state index is 12.7. The second kappa shape index (κ2) is 11.4. The number of aryl methyl sites for hydroxylation is 1. The molecule has 1 unspecified atom stereocenters. The fourth-order valence-electron chi connectivity index (χ4n) is 3.45. The van der Waals surface area contributed by atoms with E-state index in [9.17, 15) is 18.5 Å². The largest absolute Gasteiger partial charge is 0.493 e. The molecule has 1 atom stereocenters. The van der Waals surface area contributed by atoms with Gasteiger partial charge in [-0.3, -0.25) is 9.79 Å². The summed E-state index contributed by atoms with van der Waals surface area (Å²) in [4.78, 5) is 18.6. The molecule has 0 spiro atoms. The van der Waals surface area contributed by atoms with Gasteiger partial charge in [0.25, 0.3) is 0 Å². The van der Waals surface area contributed by atoms with Crippen LogP contribution in [0.2, 0.25) is 0 Å². The normalized spacial score (nSPS) is 16.9. The number of ether oxygens (including phenoxy) is 1. The van der Waals surface area contributed by atoms with Crippen molar-refractivity contribution in [1.29, 1.82) is 5.26 Å². The zero-order chi connectivity index (χ0) is 26.2. The first-order valence-corrected chi connectivity index (χ1v) is 12.2. The predicted molar refractivity (Wildman–Crippen MR) is 133 cm³/mol. The molecule has 1 aliphatic rings. The van der Waals surface area contributed by atoms with Gasteiger partial charge in [0, 0.05) is 12.3 Å². The van der Waals surface area contributed by atoms with Crippen LogP contribution in [0.15, 0.2) is 69.5 Å². The molecule has 0 amide bonds. The first-order chi connectivity index (χ1) is 17.1. The molecule has 11 nitrogen and oxygen atoms in total. The van der Waals surface area contributed by atoms with Crippen LogP contribution in [-0.2, 0) is 14.9 Å². The van der Waals surface area contributed by atoms with E-state index in [0.29, 0.717) is 18.6 Å². The first-order valence-electron chi connectivity index (χ1n) is 10.8. The lowest BCUT2D eigenvalue weighted by atomic mass is 10.1. The number of nitrogens with one attached hydrogen (secondary N) is 1. The molecule has 0 bridgehead atoms. The Hall–Kier alpha value is -4.37. The van der Waals surface area contributed by atoms with Gasteiger partial charge in [-0.2, -0.15) is 13.7 Å². The lowest BCUT2D eigenvalue weighted by Crippen LogP contribution is -2.48. The van der Waals surface area contributed by atoms with Gasteiger partial charge < -0.3 is 25.1 Å². The summed E-state index contributed by atoms with van der Waals surface area (Å²) >= 11 is 0. The van der Waals surface area contributed by atoms with Gasteiger partial charge in [0.1, 0.15) is 29.0 Å². The zero-order valence-electron chi connectivity index (χ0n) is 19.4. The Morgan fingerprint density at radius 1 is 1.28 bits per heavy atom. The van der Waals surface area contributed by atoms with Gasteiger partial charge in [-0.25, -0.2) is 4.99 Å². The van der Waals surface area contributed by atoms with E-state index in [1.807, 2.05) is 6.07 Å². The SMILES string of the molecule is Cc1cc(OCCCC2(NC(N)=NCC(=O)O)C=CC=N2)cc(OS(=O)(=O)c2ccccc2C#N)c1. The molecule has 36 heavy (non-hydrogen) atoms. The minimum absolute atomic E-state index is 0.0126. The topological polar surface area (TPSA) is 176 Å². The second-order valence-corrected chi connectivity index (χ2v) is 9.38. The summed E-state index contributed by atoms with van der Waals surface area (Å²) in [5.41, 5.74) is 5.62. The molecule has 0 aromatic heterocycles. The Bertz CT molecular complexity index is 1350. The molecule has 2 aromatic carbocycles. The zero-order valence-corrected chi connectivity index (χ0v) is 20.2. The summed E-state index contributed by atoms with van der Waals surface area (Å²) in [5, 5.41) is 20.9. The maximum Gasteiger partial charge on any atom is 0.340 e. The summed E-state index contributed by atoms with van der Waals surface area (Å²) in [6.07, 6.45) is 6.14. The molecule has 0 aliphatic carbocycles. The predicted octanol–water partition coefficient (Wildman–Crippen LogP) is 2.12. The molecule has 1 aliphatic heterocycles. The Balaban J connectivity index is 1.63. The molecule has 2 aromatic rings. The maximum atomic E-state index is 12.7. The number of carboxylic acids is 1. The number of nitriles is 1. The highest BCUT2D eigenvalue weighted by atomic mass is 32.2. The van der Waals surface area contributed by atoms with E-state index in [1.54, 1.807) is 43.5 Å². The third-order valence-corrected chi connectivity index (χ3v) is 6.28. The summed E-state index contributed by atoms with van der Waals surface area (Å²) in [7, 11) is -4.23. The van der Waals surface area contributed by atoms with Gasteiger partial charge in [-0.1, -0.05) is 12.1 Å². The van der Waals surface area contributed by atoms with Crippen molar-refractivity contribution >= 4 is 28.3 Å². The van der Waals surface area contributed by atoms with Crippen LogP contribution in [0.4, 0.5) is 0 Å². The van der Waals surface area contributed by atoms with Crippen LogP contribution in [0.1, 0.15) is 24.0 Å². The van der Waals surface area contributed by atoms with Crippen LogP contribution in [0.3, 0.4) is 0 Å². The van der Waals surface area contributed by atoms with E-state index in [1.165, 1.54) is 24.3 Å². The van der Waals surface area contributed by atoms with Crippen LogP contribution in [0.5, 0.6) is 11.5 Å². The first kappa shape index (κ1) is 26.2. The molecule has 4 N–H and O–H groups in total. The number of carbonyl (C=O) groups is 1. The van der Waals surface area contributed by atoms with Crippen LogP contribution in [0, 0.1) is 18.3 Å². The average molecular weight is 512 g/mol. The summed E-state index contributed by atoms with van der Waals surface area (Å²) in [5.74, 6) is -0.677. The number of hydrogen-bond acceptors (Lipinski definition) is 8. The number of hydrogen-bond donors (Lipinski definition) is 3. The van der Waals surface area contributed by atoms with Crippen LogP contribution in [0.25, 0.3) is 0 Å². The fourth-order valence-corrected chi connectivity index (χ4v) is 4.51. The third-order valence-electron chi connectivity index (χ3n) is 4.97. The minimum Gasteiger partial charge on any atom is -0.493 e. The number of aliphatic carboxylic acids is 1. The summed E-state index contributed by atoms with van der Waals surface area (Å²) < 4.78 is 36.5. The van der Waals surface area contributed by atoms with E-state index in [-0.39, 0.29) is 28.8 Å². The lowest BCUT2D eigenvalue weighted by Gasteiger charge is -2.26. The van der Waals surface area contributed by atoms with Gasteiger partial charge in [0.2, 0.25) is 0 Å². The third kappa shape index (κ3) is 7.07. The van der Waals surface area contributed by atoms with Crippen molar-refractivity contribution in [3.05, 3.63) is 65.7 Å². The van der Waals surface area contributed by atoms with E-state index >= 15 is 0 Å². The molecule has 12 heteroatoms. The molecule has 0 saturated heterocycles. The molecule has 0 saturated carbocycles. The number of carboxylic acid groups (broad SMARTS) is 1. The van der Waals surface area contributed by atoms with Gasteiger partial charge in [-0.15, -0.1) is 0 Å². The molecule has 0 fully saturated rings. The van der Waals surface area contributed by atoms with Crippen LogP contribution in [-0.4, -0.2) is 50.5 Å². The number of rotatable bonds is 11. The number of nitrogens with zero attached hydrogens (tertiary/aromatic N) is 3. The number of aliphatic imine (C=N–C) groups is 2. The molecular formula is C24H25N5O6S. The highest BCUT2D eigenvalue weighted by Crippen LogP contribution is 2.27. The van der Waals surface area contributed by atoms with E-state index in [0.717, 1.165) is 5.56 Å². The van der Waals surface area contributed by atoms with Gasteiger partial charge in [0.15, 0.2) is 11.6 Å². The van der Waals surface area contributed by atoms with E-state index in [4.69, 9.17) is 19.8 Å². The van der Waals surface area contributed by atoms with Crippen LogP contribution >= 0.6 is 0 Å². The van der Waals surface area contributed by atoms with Crippen molar-refractivity contribution in [3.63, 3.8) is 0 Å². The van der Waals surface area contributed by atoms with Crippen molar-refractivity contribution in [2.24, 2.45) is 15.7 Å². The van der Waals surface area contributed by atoms with E-state index < -0.39 is 28.3 Å². The summed E-state index contributed by atoms with van der Waals surface area (Å²) in [6, 6.07) is 12.4. The lowest BCUT2D eigenvalue weighted by molar-refractivity contribution is -0.135. The number of guanidine groups is 1. The highest BCUT2D eigenvalue weighted by Gasteiger charge is 2.28. The molecule has 188 valence electrons.